The highest BCUT2D eigenvalue weighted by molar-refractivity contribution is 5.41. The lowest BCUT2D eigenvalue weighted by Gasteiger charge is -1.97. The Morgan fingerprint density at radius 3 is 2.64 bits per heavy atom. The summed E-state index contributed by atoms with van der Waals surface area (Å²) in [6, 6.07) is 2.03. The number of hydrogen-bond donors (Lipinski definition) is 0. The Morgan fingerprint density at radius 1 is 1.64 bits per heavy atom. The zero-order valence-electron chi connectivity index (χ0n) is 6.75. The zero-order valence-corrected chi connectivity index (χ0v) is 6.75. The van der Waals surface area contributed by atoms with Crippen molar-refractivity contribution in [3.63, 3.8) is 0 Å². The van der Waals surface area contributed by atoms with Crippen molar-refractivity contribution >= 4 is 0 Å². The van der Waals surface area contributed by atoms with Crippen molar-refractivity contribution in [2.75, 3.05) is 7.11 Å². The topological polar surface area (TPSA) is 50.8 Å². The molecule has 1 rings (SSSR count). The number of aromatic nitrogens is 2. The molecule has 0 aromatic carbocycles. The van der Waals surface area contributed by atoms with E-state index in [1.807, 2.05) is 6.07 Å². The van der Waals surface area contributed by atoms with Gasteiger partial charge in [-0.05, 0) is 6.92 Å². The van der Waals surface area contributed by atoms with Crippen LogP contribution in [0.25, 0.3) is 0 Å². The third kappa shape index (κ3) is 1.05. The smallest absolute Gasteiger partial charge is 0.229 e. The fourth-order valence-corrected chi connectivity index (χ4v) is 1.000. The van der Waals surface area contributed by atoms with Crippen LogP contribution in [0, 0.1) is 18.3 Å². The summed E-state index contributed by atoms with van der Waals surface area (Å²) in [5, 5.41) is 12.7. The predicted molar refractivity (Wildman–Crippen MR) is 39.2 cm³/mol. The van der Waals surface area contributed by atoms with Gasteiger partial charge in [-0.25, -0.2) is 4.68 Å². The van der Waals surface area contributed by atoms with E-state index in [9.17, 15) is 0 Å². The SMILES string of the molecule is COc1c(C#N)c(C)nn1C. The van der Waals surface area contributed by atoms with E-state index in [0.717, 1.165) is 0 Å². The number of aryl methyl sites for hydroxylation is 2. The van der Waals surface area contributed by atoms with E-state index >= 15 is 0 Å². The van der Waals surface area contributed by atoms with Gasteiger partial charge in [0.05, 0.1) is 12.8 Å². The Kier molecular flexibility index (Phi) is 1.81. The molecule has 4 nitrogen and oxygen atoms in total. The summed E-state index contributed by atoms with van der Waals surface area (Å²) in [5.74, 6) is 0.519. The van der Waals surface area contributed by atoms with Crippen molar-refractivity contribution in [1.29, 1.82) is 5.26 Å². The third-order valence-electron chi connectivity index (χ3n) is 1.47. The van der Waals surface area contributed by atoms with Crippen LogP contribution in [0.3, 0.4) is 0 Å². The van der Waals surface area contributed by atoms with Crippen molar-refractivity contribution in [2.45, 2.75) is 6.92 Å². The Hall–Kier alpha value is -1.50. The predicted octanol–water partition coefficient (Wildman–Crippen LogP) is 0.609. The van der Waals surface area contributed by atoms with Crippen molar-refractivity contribution in [3.8, 4) is 11.9 Å². The van der Waals surface area contributed by atoms with E-state index in [0.29, 0.717) is 17.1 Å². The molecular weight excluding hydrogens is 142 g/mol. The number of hydrogen-bond acceptors (Lipinski definition) is 3. The van der Waals surface area contributed by atoms with Crippen molar-refractivity contribution in [2.24, 2.45) is 7.05 Å². The maximum Gasteiger partial charge on any atom is 0.229 e. The summed E-state index contributed by atoms with van der Waals surface area (Å²) in [7, 11) is 3.27. The van der Waals surface area contributed by atoms with Gasteiger partial charge in [-0.15, -0.1) is 0 Å². The van der Waals surface area contributed by atoms with E-state index in [2.05, 4.69) is 5.10 Å². The van der Waals surface area contributed by atoms with Crippen LogP contribution in [0.15, 0.2) is 0 Å². The minimum atomic E-state index is 0.509. The molecule has 0 aliphatic heterocycles. The average Bonchev–Trinajstić information content (AvgIpc) is 2.24. The van der Waals surface area contributed by atoms with Gasteiger partial charge < -0.3 is 4.74 Å². The van der Waals surface area contributed by atoms with Crippen LogP contribution in [-0.2, 0) is 7.05 Å². The summed E-state index contributed by atoms with van der Waals surface area (Å²) in [6.07, 6.45) is 0. The lowest BCUT2D eigenvalue weighted by Crippen LogP contribution is -1.95. The first-order valence-electron chi connectivity index (χ1n) is 3.18. The number of nitriles is 1. The van der Waals surface area contributed by atoms with Crippen LogP contribution in [0.4, 0.5) is 0 Å². The molecule has 0 fully saturated rings. The molecule has 4 heteroatoms. The molecule has 1 heterocycles. The van der Waals surface area contributed by atoms with Gasteiger partial charge in [0, 0.05) is 7.05 Å². The first-order chi connectivity index (χ1) is 5.20. The number of ether oxygens (including phenoxy) is 1. The lowest BCUT2D eigenvalue weighted by molar-refractivity contribution is 0.372. The molecule has 0 N–H and O–H groups in total. The molecule has 0 aliphatic rings. The van der Waals surface area contributed by atoms with Gasteiger partial charge in [0.25, 0.3) is 0 Å². The fourth-order valence-electron chi connectivity index (χ4n) is 1.000. The van der Waals surface area contributed by atoms with Gasteiger partial charge in [0.1, 0.15) is 11.6 Å². The van der Waals surface area contributed by atoms with E-state index in [1.54, 1.807) is 18.7 Å². The zero-order chi connectivity index (χ0) is 8.43. The van der Waals surface area contributed by atoms with E-state index < -0.39 is 0 Å². The van der Waals surface area contributed by atoms with Gasteiger partial charge in [-0.3, -0.25) is 0 Å². The summed E-state index contributed by atoms with van der Waals surface area (Å²) >= 11 is 0. The van der Waals surface area contributed by atoms with E-state index in [4.69, 9.17) is 10.00 Å². The molecule has 11 heavy (non-hydrogen) atoms. The Labute approximate surface area is 65.0 Å². The molecule has 1 aromatic heterocycles. The molecule has 0 radical (unpaired) electrons. The fraction of sp³-hybridized carbons (Fsp3) is 0.429. The van der Waals surface area contributed by atoms with Gasteiger partial charge in [-0.2, -0.15) is 10.4 Å². The van der Waals surface area contributed by atoms with Crippen LogP contribution in [-0.4, -0.2) is 16.9 Å². The highest BCUT2D eigenvalue weighted by Gasteiger charge is 2.11. The Morgan fingerprint density at radius 2 is 2.27 bits per heavy atom. The first kappa shape index (κ1) is 7.61. The molecule has 0 saturated carbocycles. The quantitative estimate of drug-likeness (QED) is 0.590. The summed E-state index contributed by atoms with van der Waals surface area (Å²) in [5.41, 5.74) is 1.21. The molecule has 0 amide bonds. The number of rotatable bonds is 1. The van der Waals surface area contributed by atoms with Crippen LogP contribution < -0.4 is 4.74 Å². The van der Waals surface area contributed by atoms with Crippen molar-refractivity contribution in [1.82, 2.24) is 9.78 Å². The number of methoxy groups -OCH3 is 1. The summed E-state index contributed by atoms with van der Waals surface area (Å²) in [6.45, 7) is 1.78. The minimum absolute atomic E-state index is 0.509. The average molecular weight is 151 g/mol. The van der Waals surface area contributed by atoms with Crippen molar-refractivity contribution < 1.29 is 4.74 Å². The van der Waals surface area contributed by atoms with Gasteiger partial charge in [0.2, 0.25) is 5.88 Å². The molecule has 0 unspecified atom stereocenters. The summed E-state index contributed by atoms with van der Waals surface area (Å²) in [4.78, 5) is 0. The van der Waals surface area contributed by atoms with Crippen LogP contribution in [0.2, 0.25) is 0 Å². The molecule has 1 aromatic rings. The highest BCUT2D eigenvalue weighted by Crippen LogP contribution is 2.18. The maximum atomic E-state index is 8.66. The standard InChI is InChI=1S/C7H9N3O/c1-5-6(4-8)7(11-3)10(2)9-5/h1-3H3. The van der Waals surface area contributed by atoms with E-state index in [-0.39, 0.29) is 0 Å². The largest absolute Gasteiger partial charge is 0.480 e. The van der Waals surface area contributed by atoms with E-state index in [1.165, 1.54) is 7.11 Å². The lowest BCUT2D eigenvalue weighted by atomic mass is 10.3. The molecule has 0 bridgehead atoms. The van der Waals surface area contributed by atoms with Gasteiger partial charge >= 0.3 is 0 Å². The number of nitrogens with zero attached hydrogens (tertiary/aromatic N) is 3. The Balaban J connectivity index is 3.31. The summed E-state index contributed by atoms with van der Waals surface area (Å²) < 4.78 is 6.52. The monoisotopic (exact) mass is 151 g/mol. The molecular formula is C7H9N3O. The molecule has 0 saturated heterocycles. The second-order valence-corrected chi connectivity index (χ2v) is 2.21. The minimum Gasteiger partial charge on any atom is -0.480 e. The molecule has 0 spiro atoms. The van der Waals surface area contributed by atoms with Crippen molar-refractivity contribution in [3.05, 3.63) is 11.3 Å². The van der Waals surface area contributed by atoms with Crippen LogP contribution >= 0.6 is 0 Å². The molecule has 0 aliphatic carbocycles. The van der Waals surface area contributed by atoms with Crippen LogP contribution in [0.5, 0.6) is 5.88 Å². The van der Waals surface area contributed by atoms with Gasteiger partial charge in [-0.1, -0.05) is 0 Å². The Bertz CT molecular complexity index is 308. The van der Waals surface area contributed by atoms with Crippen LogP contribution in [0.1, 0.15) is 11.3 Å². The third-order valence-corrected chi connectivity index (χ3v) is 1.47. The highest BCUT2D eigenvalue weighted by atomic mass is 16.5. The van der Waals surface area contributed by atoms with Gasteiger partial charge in [0.15, 0.2) is 0 Å². The second-order valence-electron chi connectivity index (χ2n) is 2.21. The second kappa shape index (κ2) is 2.62. The maximum absolute atomic E-state index is 8.66. The first-order valence-corrected chi connectivity index (χ1v) is 3.18. The molecule has 58 valence electrons. The normalized spacial score (nSPS) is 9.27. The molecule has 0 atom stereocenters.